The Bertz CT molecular complexity index is 105. The normalized spacial score (nSPS) is 18.0. The van der Waals surface area contributed by atoms with E-state index in [-0.39, 0.29) is 0 Å². The topological polar surface area (TPSA) is 24.1 Å². The molecule has 0 bridgehead atoms. The lowest BCUT2D eigenvalue weighted by Crippen LogP contribution is -2.20. The molecule has 2 radical (unpaired) electrons. The van der Waals surface area contributed by atoms with Crippen molar-refractivity contribution in [2.45, 2.75) is 0 Å². The van der Waals surface area contributed by atoms with E-state index in [1.807, 2.05) is 6.08 Å². The summed E-state index contributed by atoms with van der Waals surface area (Å²) in [6.45, 7) is 6.26. The molecule has 0 aliphatic carbocycles. The second-order valence-electron chi connectivity index (χ2n) is 1.25. The third-order valence-electron chi connectivity index (χ3n) is 0.663. The molecule has 0 amide bonds. The Morgan fingerprint density at radius 1 is 1.71 bits per heavy atom. The van der Waals surface area contributed by atoms with Crippen LogP contribution in [0.3, 0.4) is 0 Å². The first-order valence-corrected chi connectivity index (χ1v) is 2.01. The standard InChI is InChI=1S/C5H6N2/c1-5-2-3-6-4-7-5/h2-3,6-7H,1H2. The summed E-state index contributed by atoms with van der Waals surface area (Å²) in [5.41, 5.74) is 0.860. The average molecular weight is 94.1 g/mol. The van der Waals surface area contributed by atoms with Crippen LogP contribution in [0, 0.1) is 6.67 Å². The van der Waals surface area contributed by atoms with Crippen LogP contribution in [0.25, 0.3) is 0 Å². The van der Waals surface area contributed by atoms with E-state index in [0.717, 1.165) is 5.70 Å². The van der Waals surface area contributed by atoms with Gasteiger partial charge in [0.15, 0.2) is 0 Å². The predicted octanol–water partition coefficient (Wildman–Crippen LogP) is 0.203. The first-order chi connectivity index (χ1) is 3.39. The largest absolute Gasteiger partial charge is 0.362 e. The minimum Gasteiger partial charge on any atom is -0.362 e. The molecular weight excluding hydrogens is 88.1 g/mol. The van der Waals surface area contributed by atoms with Gasteiger partial charge >= 0.3 is 0 Å². The van der Waals surface area contributed by atoms with E-state index in [9.17, 15) is 0 Å². The maximum atomic E-state index is 3.61. The van der Waals surface area contributed by atoms with Crippen LogP contribution >= 0.6 is 0 Å². The molecule has 0 saturated carbocycles. The third-order valence-corrected chi connectivity index (χ3v) is 0.663. The molecule has 0 atom stereocenters. The molecule has 0 aromatic rings. The van der Waals surface area contributed by atoms with Gasteiger partial charge in [0, 0.05) is 11.9 Å². The molecule has 2 heteroatoms. The van der Waals surface area contributed by atoms with E-state index in [2.05, 4.69) is 23.9 Å². The lowest BCUT2D eigenvalue weighted by Gasteiger charge is -2.07. The Hall–Kier alpha value is -0.920. The van der Waals surface area contributed by atoms with Crippen LogP contribution in [0.1, 0.15) is 0 Å². The Morgan fingerprint density at radius 2 is 2.57 bits per heavy atom. The predicted molar refractivity (Wildman–Crippen MR) is 27.8 cm³/mol. The number of hydrogen-bond acceptors (Lipinski definition) is 2. The minimum atomic E-state index is 0.860. The summed E-state index contributed by atoms with van der Waals surface area (Å²) in [4.78, 5) is 0. The zero-order valence-electron chi connectivity index (χ0n) is 3.86. The van der Waals surface area contributed by atoms with Crippen molar-refractivity contribution in [1.82, 2.24) is 10.6 Å². The van der Waals surface area contributed by atoms with Gasteiger partial charge in [-0.1, -0.05) is 6.58 Å². The SMILES string of the molecule is C=C1C=CN[C]N1. The summed E-state index contributed by atoms with van der Waals surface area (Å²) in [5, 5.41) is 5.45. The van der Waals surface area contributed by atoms with Crippen LogP contribution in [0.15, 0.2) is 24.6 Å². The molecule has 0 saturated heterocycles. The van der Waals surface area contributed by atoms with Gasteiger partial charge in [0.2, 0.25) is 6.67 Å². The fraction of sp³-hybridized carbons (Fsp3) is 0. The molecule has 2 nitrogen and oxygen atoms in total. The van der Waals surface area contributed by atoms with E-state index in [4.69, 9.17) is 0 Å². The third kappa shape index (κ3) is 0.961. The minimum absolute atomic E-state index is 0.860. The molecule has 0 spiro atoms. The number of allylic oxidation sites excluding steroid dienone is 1. The fourth-order valence-corrected chi connectivity index (χ4v) is 0.342. The molecule has 1 rings (SSSR count). The number of nitrogens with one attached hydrogen (secondary N) is 2. The zero-order valence-corrected chi connectivity index (χ0v) is 3.86. The lowest BCUT2D eigenvalue weighted by molar-refractivity contribution is 0.844. The van der Waals surface area contributed by atoms with Crippen LogP contribution in [0.2, 0.25) is 0 Å². The summed E-state index contributed by atoms with van der Waals surface area (Å²) in [6, 6.07) is 0. The summed E-state index contributed by atoms with van der Waals surface area (Å²) in [7, 11) is 0. The Labute approximate surface area is 42.9 Å². The second kappa shape index (κ2) is 1.69. The smallest absolute Gasteiger partial charge is 0.202 e. The van der Waals surface area contributed by atoms with Crippen molar-refractivity contribution < 1.29 is 0 Å². The van der Waals surface area contributed by atoms with Gasteiger partial charge in [-0.05, 0) is 6.08 Å². The van der Waals surface area contributed by atoms with Crippen molar-refractivity contribution in [3.8, 4) is 0 Å². The van der Waals surface area contributed by atoms with Crippen molar-refractivity contribution in [2.75, 3.05) is 0 Å². The van der Waals surface area contributed by atoms with Crippen LogP contribution in [0.5, 0.6) is 0 Å². The Kier molecular flexibility index (Phi) is 1.02. The van der Waals surface area contributed by atoms with E-state index in [0.29, 0.717) is 0 Å². The number of rotatable bonds is 0. The summed E-state index contributed by atoms with van der Waals surface area (Å²) in [6.07, 6.45) is 3.59. The first-order valence-electron chi connectivity index (χ1n) is 2.01. The molecule has 1 aliphatic heterocycles. The molecule has 1 heterocycles. The van der Waals surface area contributed by atoms with E-state index in [1.54, 1.807) is 6.20 Å². The molecule has 1 aliphatic rings. The van der Waals surface area contributed by atoms with Gasteiger partial charge in [0.25, 0.3) is 0 Å². The van der Waals surface area contributed by atoms with E-state index >= 15 is 0 Å². The highest BCUT2D eigenvalue weighted by Crippen LogP contribution is 1.89. The van der Waals surface area contributed by atoms with Gasteiger partial charge in [0.1, 0.15) is 0 Å². The van der Waals surface area contributed by atoms with Crippen molar-refractivity contribution in [3.63, 3.8) is 0 Å². The van der Waals surface area contributed by atoms with Crippen LogP contribution in [-0.4, -0.2) is 0 Å². The Balaban J connectivity index is 2.51. The molecule has 0 aromatic heterocycles. The van der Waals surface area contributed by atoms with Gasteiger partial charge in [0.05, 0.1) is 0 Å². The van der Waals surface area contributed by atoms with Crippen molar-refractivity contribution in [3.05, 3.63) is 31.2 Å². The van der Waals surface area contributed by atoms with E-state index < -0.39 is 0 Å². The van der Waals surface area contributed by atoms with Crippen molar-refractivity contribution in [2.24, 2.45) is 0 Å². The highest BCUT2D eigenvalue weighted by molar-refractivity contribution is 5.16. The molecule has 2 N–H and O–H groups in total. The van der Waals surface area contributed by atoms with Crippen molar-refractivity contribution in [1.29, 1.82) is 0 Å². The van der Waals surface area contributed by atoms with Crippen molar-refractivity contribution >= 4 is 0 Å². The van der Waals surface area contributed by atoms with Gasteiger partial charge in [-0.3, -0.25) is 0 Å². The average Bonchev–Trinajstić information content (AvgIpc) is 1.69. The zero-order chi connectivity index (χ0) is 5.11. The molecule has 36 valence electrons. The van der Waals surface area contributed by atoms with E-state index in [1.165, 1.54) is 0 Å². The Morgan fingerprint density at radius 3 is 2.86 bits per heavy atom. The number of hydrogen-bond donors (Lipinski definition) is 2. The molecular formula is C5H6N2. The van der Waals surface area contributed by atoms with Gasteiger partial charge in [-0.2, -0.15) is 0 Å². The lowest BCUT2D eigenvalue weighted by atomic mass is 10.4. The van der Waals surface area contributed by atoms with Crippen LogP contribution in [-0.2, 0) is 0 Å². The molecule has 0 aromatic carbocycles. The van der Waals surface area contributed by atoms with Gasteiger partial charge in [-0.15, -0.1) is 0 Å². The highest BCUT2D eigenvalue weighted by Gasteiger charge is 1.90. The first kappa shape index (κ1) is 4.24. The maximum absolute atomic E-state index is 3.61. The molecule has 0 unspecified atom stereocenters. The summed E-state index contributed by atoms with van der Waals surface area (Å²) >= 11 is 0. The van der Waals surface area contributed by atoms with Gasteiger partial charge < -0.3 is 10.6 Å². The monoisotopic (exact) mass is 94.1 g/mol. The molecule has 7 heavy (non-hydrogen) atoms. The van der Waals surface area contributed by atoms with Crippen LogP contribution < -0.4 is 10.6 Å². The second-order valence-corrected chi connectivity index (χ2v) is 1.25. The summed E-state index contributed by atoms with van der Waals surface area (Å²) < 4.78 is 0. The summed E-state index contributed by atoms with van der Waals surface area (Å²) in [5.74, 6) is 0. The molecule has 0 fully saturated rings. The quantitative estimate of drug-likeness (QED) is 0.448. The fourth-order valence-electron chi connectivity index (χ4n) is 0.342. The highest BCUT2D eigenvalue weighted by atomic mass is 15.1. The van der Waals surface area contributed by atoms with Gasteiger partial charge in [-0.25, -0.2) is 0 Å². The van der Waals surface area contributed by atoms with Crippen LogP contribution in [0.4, 0.5) is 0 Å². The maximum Gasteiger partial charge on any atom is 0.202 e.